The monoisotopic (exact) mass is 324 g/mol. The van der Waals surface area contributed by atoms with Gasteiger partial charge in [-0.2, -0.15) is 0 Å². The molecule has 0 unspecified atom stereocenters. The Labute approximate surface area is 133 Å². The molecule has 22 heavy (non-hydrogen) atoms. The molecule has 0 spiro atoms. The van der Waals surface area contributed by atoms with E-state index < -0.39 is 10.0 Å². The van der Waals surface area contributed by atoms with E-state index in [0.29, 0.717) is 13.1 Å². The van der Waals surface area contributed by atoms with E-state index in [4.69, 9.17) is 0 Å². The molecule has 5 nitrogen and oxygen atoms in total. The van der Waals surface area contributed by atoms with Gasteiger partial charge in [0.05, 0.1) is 18.2 Å². The van der Waals surface area contributed by atoms with Crippen molar-refractivity contribution in [2.75, 3.05) is 26.4 Å². The van der Waals surface area contributed by atoms with Crippen molar-refractivity contribution in [3.63, 3.8) is 0 Å². The quantitative estimate of drug-likeness (QED) is 0.850. The highest BCUT2D eigenvalue weighted by Gasteiger charge is 2.32. The van der Waals surface area contributed by atoms with Gasteiger partial charge in [-0.05, 0) is 25.3 Å². The fourth-order valence-corrected chi connectivity index (χ4v) is 3.79. The summed E-state index contributed by atoms with van der Waals surface area (Å²) in [4.78, 5) is 14.4. The molecule has 0 aromatic heterocycles. The smallest absolute Gasteiger partial charge is 0.227 e. The first-order chi connectivity index (χ1) is 10.3. The lowest BCUT2D eigenvalue weighted by molar-refractivity contribution is -0.137. The van der Waals surface area contributed by atoms with Gasteiger partial charge in [0.25, 0.3) is 0 Å². The van der Waals surface area contributed by atoms with Crippen LogP contribution in [0.1, 0.15) is 31.4 Å². The maximum Gasteiger partial charge on any atom is 0.227 e. The number of piperidine rings is 1. The third-order valence-electron chi connectivity index (χ3n) is 4.41. The van der Waals surface area contributed by atoms with E-state index in [1.165, 1.54) is 10.6 Å². The van der Waals surface area contributed by atoms with Gasteiger partial charge in [-0.25, -0.2) is 12.7 Å². The highest BCUT2D eigenvalue weighted by Crippen LogP contribution is 2.25. The summed E-state index contributed by atoms with van der Waals surface area (Å²) >= 11 is 0. The van der Waals surface area contributed by atoms with Crippen LogP contribution < -0.4 is 0 Å². The number of benzene rings is 1. The highest BCUT2D eigenvalue weighted by molar-refractivity contribution is 7.88. The van der Waals surface area contributed by atoms with Crippen LogP contribution >= 0.6 is 0 Å². The molecule has 0 N–H and O–H groups in total. The van der Waals surface area contributed by atoms with E-state index in [2.05, 4.69) is 0 Å². The third-order valence-corrected chi connectivity index (χ3v) is 5.68. The Hall–Kier alpha value is -1.40. The first-order valence-corrected chi connectivity index (χ1v) is 9.42. The van der Waals surface area contributed by atoms with Crippen molar-refractivity contribution in [3.8, 4) is 0 Å². The molecular weight excluding hydrogens is 300 g/mol. The molecule has 2 atom stereocenters. The zero-order valence-electron chi connectivity index (χ0n) is 13.4. The van der Waals surface area contributed by atoms with Gasteiger partial charge in [0, 0.05) is 20.1 Å². The average molecular weight is 324 g/mol. The summed E-state index contributed by atoms with van der Waals surface area (Å²) in [5.41, 5.74) is 1.08. The normalized spacial score (nSPS) is 21.3. The van der Waals surface area contributed by atoms with Crippen LogP contribution in [0, 0.1) is 5.92 Å². The molecule has 0 saturated carbocycles. The maximum absolute atomic E-state index is 12.7. The van der Waals surface area contributed by atoms with E-state index in [1.54, 1.807) is 11.9 Å². The van der Waals surface area contributed by atoms with Gasteiger partial charge in [-0.1, -0.05) is 30.3 Å². The first-order valence-electron chi connectivity index (χ1n) is 7.57. The standard InChI is InChI=1S/C16H24N2O3S/c1-13(14-8-5-4-6-9-14)17(2)16(19)15-10-7-11-18(12-15)22(3,20)21/h4-6,8-9,13,15H,7,10-12H2,1-3H3/t13-,15+/m0/s1. The van der Waals surface area contributed by atoms with E-state index in [9.17, 15) is 13.2 Å². The topological polar surface area (TPSA) is 57.7 Å². The van der Waals surface area contributed by atoms with Gasteiger partial charge in [0.15, 0.2) is 0 Å². The van der Waals surface area contributed by atoms with Gasteiger partial charge in [0.2, 0.25) is 15.9 Å². The lowest BCUT2D eigenvalue weighted by Gasteiger charge is -2.34. The van der Waals surface area contributed by atoms with Crippen LogP contribution in [0.2, 0.25) is 0 Å². The Balaban J connectivity index is 2.07. The molecule has 1 aliphatic heterocycles. The Kier molecular flexibility index (Phi) is 5.24. The zero-order chi connectivity index (χ0) is 16.3. The molecule has 6 heteroatoms. The van der Waals surface area contributed by atoms with Gasteiger partial charge in [-0.3, -0.25) is 4.79 Å². The molecule has 1 aromatic rings. The summed E-state index contributed by atoms with van der Waals surface area (Å²) in [5.74, 6) is -0.232. The van der Waals surface area contributed by atoms with Crippen molar-refractivity contribution in [1.82, 2.24) is 9.21 Å². The maximum atomic E-state index is 12.7. The number of nitrogens with zero attached hydrogens (tertiary/aromatic N) is 2. The van der Waals surface area contributed by atoms with E-state index in [0.717, 1.165) is 18.4 Å². The molecular formula is C16H24N2O3S. The minimum Gasteiger partial charge on any atom is -0.339 e. The van der Waals surface area contributed by atoms with E-state index >= 15 is 0 Å². The zero-order valence-corrected chi connectivity index (χ0v) is 14.2. The van der Waals surface area contributed by atoms with E-state index in [-0.39, 0.29) is 17.9 Å². The third kappa shape index (κ3) is 3.87. The molecule has 1 heterocycles. The fourth-order valence-electron chi connectivity index (χ4n) is 2.88. The van der Waals surface area contributed by atoms with Crippen molar-refractivity contribution >= 4 is 15.9 Å². The Morgan fingerprint density at radius 1 is 1.32 bits per heavy atom. The molecule has 0 radical (unpaired) electrons. The second-order valence-electron chi connectivity index (χ2n) is 6.00. The molecule has 2 rings (SSSR count). The predicted molar refractivity (Wildman–Crippen MR) is 86.8 cm³/mol. The number of sulfonamides is 1. The summed E-state index contributed by atoms with van der Waals surface area (Å²) in [6.07, 6.45) is 2.68. The molecule has 1 aliphatic rings. The van der Waals surface area contributed by atoms with Gasteiger partial charge < -0.3 is 4.90 Å². The molecule has 1 amide bonds. The number of hydrogen-bond donors (Lipinski definition) is 0. The minimum absolute atomic E-state index is 0.0182. The van der Waals surface area contributed by atoms with Gasteiger partial charge in [0.1, 0.15) is 0 Å². The Bertz CT molecular complexity index is 616. The van der Waals surface area contributed by atoms with Crippen molar-refractivity contribution in [2.45, 2.75) is 25.8 Å². The summed E-state index contributed by atoms with van der Waals surface area (Å²) in [5, 5.41) is 0. The summed E-state index contributed by atoms with van der Waals surface area (Å²) in [6.45, 7) is 2.80. The lowest BCUT2D eigenvalue weighted by Crippen LogP contribution is -2.46. The van der Waals surface area contributed by atoms with Crippen LogP contribution in [0.3, 0.4) is 0 Å². The lowest BCUT2D eigenvalue weighted by atomic mass is 9.97. The molecule has 1 saturated heterocycles. The molecule has 122 valence electrons. The number of carbonyl (C=O) groups excluding carboxylic acids is 1. The van der Waals surface area contributed by atoms with Crippen LogP contribution in [0.15, 0.2) is 30.3 Å². The first kappa shape index (κ1) is 17.0. The van der Waals surface area contributed by atoms with Crippen LogP contribution in [0.25, 0.3) is 0 Å². The van der Waals surface area contributed by atoms with Gasteiger partial charge in [-0.15, -0.1) is 0 Å². The fraction of sp³-hybridized carbons (Fsp3) is 0.562. The van der Waals surface area contributed by atoms with Gasteiger partial charge >= 0.3 is 0 Å². The highest BCUT2D eigenvalue weighted by atomic mass is 32.2. The molecule has 0 aliphatic carbocycles. The summed E-state index contributed by atoms with van der Waals surface area (Å²) in [7, 11) is -1.44. The number of carbonyl (C=O) groups is 1. The van der Waals surface area contributed by atoms with E-state index in [1.807, 2.05) is 37.3 Å². The molecule has 0 bridgehead atoms. The largest absolute Gasteiger partial charge is 0.339 e. The number of hydrogen-bond acceptors (Lipinski definition) is 3. The summed E-state index contributed by atoms with van der Waals surface area (Å²) in [6, 6.07) is 9.83. The second-order valence-corrected chi connectivity index (χ2v) is 7.98. The van der Waals surface area contributed by atoms with Crippen LogP contribution in [0.5, 0.6) is 0 Å². The van der Waals surface area contributed by atoms with Crippen LogP contribution in [-0.2, 0) is 14.8 Å². The SMILES string of the molecule is C[C@@H](c1ccccc1)N(C)C(=O)[C@@H]1CCCN(S(C)(=O)=O)C1. The second kappa shape index (κ2) is 6.79. The Morgan fingerprint density at radius 3 is 2.55 bits per heavy atom. The van der Waals surface area contributed by atoms with Crippen LogP contribution in [-0.4, -0.2) is 49.9 Å². The predicted octanol–water partition coefficient (Wildman–Crippen LogP) is 1.88. The molecule has 1 aromatic carbocycles. The average Bonchev–Trinajstić information content (AvgIpc) is 2.53. The minimum atomic E-state index is -3.23. The van der Waals surface area contributed by atoms with Crippen molar-refractivity contribution in [2.24, 2.45) is 5.92 Å². The summed E-state index contributed by atoms with van der Waals surface area (Å²) < 4.78 is 24.8. The van der Waals surface area contributed by atoms with Crippen molar-refractivity contribution in [1.29, 1.82) is 0 Å². The number of rotatable bonds is 4. The molecule has 1 fully saturated rings. The van der Waals surface area contributed by atoms with Crippen molar-refractivity contribution < 1.29 is 13.2 Å². The van der Waals surface area contributed by atoms with Crippen LogP contribution in [0.4, 0.5) is 0 Å². The van der Waals surface area contributed by atoms with Crippen molar-refractivity contribution in [3.05, 3.63) is 35.9 Å². The number of amides is 1. The Morgan fingerprint density at radius 2 is 1.95 bits per heavy atom.